The predicted molar refractivity (Wildman–Crippen MR) is 131 cm³/mol. The molecule has 33 heavy (non-hydrogen) atoms. The Balaban J connectivity index is 2.12. The lowest BCUT2D eigenvalue weighted by atomic mass is 10.1. The third kappa shape index (κ3) is 5.57. The maximum atomic E-state index is 13.2. The molecule has 0 radical (unpaired) electrons. The lowest BCUT2D eigenvalue weighted by Crippen LogP contribution is -2.16. The Kier molecular flexibility index (Phi) is 8.54. The number of nitrogens with zero attached hydrogens (tertiary/aromatic N) is 2. The van der Waals surface area contributed by atoms with Crippen LogP contribution >= 0.6 is 11.3 Å². The molecule has 3 rings (SSSR count). The summed E-state index contributed by atoms with van der Waals surface area (Å²) in [6.45, 7) is 13.8. The summed E-state index contributed by atoms with van der Waals surface area (Å²) in [5, 5.41) is 0. The van der Waals surface area contributed by atoms with Crippen LogP contribution in [-0.4, -0.2) is 36.9 Å². The summed E-state index contributed by atoms with van der Waals surface area (Å²) in [6.07, 6.45) is 1.78. The molecule has 2 aromatic carbocycles. The van der Waals surface area contributed by atoms with Crippen LogP contribution in [-0.2, 0) is 6.54 Å². The second kappa shape index (κ2) is 11.6. The maximum absolute atomic E-state index is 13.2. The predicted octanol–water partition coefficient (Wildman–Crippen LogP) is 5.22. The number of rotatable bonds is 11. The molecule has 0 N–H and O–H groups in total. The Hall–Kier alpha value is -3.26. The molecule has 8 heteroatoms. The zero-order valence-electron chi connectivity index (χ0n) is 19.6. The molecule has 0 aliphatic carbocycles. The highest BCUT2D eigenvalue weighted by Gasteiger charge is 2.19. The summed E-state index contributed by atoms with van der Waals surface area (Å²) < 4.78 is 25.8. The quantitative estimate of drug-likeness (QED) is 0.359. The van der Waals surface area contributed by atoms with Gasteiger partial charge in [-0.15, -0.1) is 6.58 Å². The van der Waals surface area contributed by atoms with Gasteiger partial charge < -0.3 is 23.5 Å². The van der Waals surface area contributed by atoms with E-state index >= 15 is 0 Å². The Morgan fingerprint density at radius 3 is 2.18 bits per heavy atom. The summed E-state index contributed by atoms with van der Waals surface area (Å²) in [5.41, 5.74) is 1.33. The lowest BCUT2D eigenvalue weighted by molar-refractivity contribution is 0.0996. The van der Waals surface area contributed by atoms with Gasteiger partial charge in [0.25, 0.3) is 5.91 Å². The van der Waals surface area contributed by atoms with Gasteiger partial charge >= 0.3 is 0 Å². The highest BCUT2D eigenvalue weighted by Crippen LogP contribution is 2.39. The molecule has 0 saturated heterocycles. The molecule has 0 aliphatic rings. The standard InChI is InChI=1S/C25H30N2O5S/c1-6-13-27-19-12-11-18(29-7-2)16-22(19)33-25(27)26-24(28)17-14-20(30-8-3)23(32-10-5)21(15-17)31-9-4/h6,11-12,14-16H,1,7-10,13H2,2-5H3. The van der Waals surface area contributed by atoms with Crippen LogP contribution in [0.4, 0.5) is 0 Å². The van der Waals surface area contributed by atoms with Gasteiger partial charge in [-0.1, -0.05) is 17.4 Å². The molecule has 0 spiro atoms. The number of allylic oxidation sites excluding steroid dienone is 1. The number of fused-ring (bicyclic) bond motifs is 1. The fraction of sp³-hybridized carbons (Fsp3) is 0.360. The number of hydrogen-bond donors (Lipinski definition) is 0. The minimum absolute atomic E-state index is 0.364. The van der Waals surface area contributed by atoms with Crippen molar-refractivity contribution in [3.05, 3.63) is 53.4 Å². The molecule has 0 unspecified atom stereocenters. The first kappa shape index (κ1) is 24.4. The highest BCUT2D eigenvalue weighted by molar-refractivity contribution is 7.16. The van der Waals surface area contributed by atoms with Crippen LogP contribution in [0.1, 0.15) is 38.1 Å². The maximum Gasteiger partial charge on any atom is 0.279 e. The second-order valence-electron chi connectivity index (χ2n) is 6.86. The SMILES string of the molecule is C=CCn1c(=NC(=O)c2cc(OCC)c(OCC)c(OCC)c2)sc2cc(OCC)ccc21. The third-order valence-corrected chi connectivity index (χ3v) is 5.67. The molecule has 3 aromatic rings. The average molecular weight is 471 g/mol. The van der Waals surface area contributed by atoms with E-state index in [0.29, 0.717) is 60.6 Å². The van der Waals surface area contributed by atoms with Gasteiger partial charge in [0.2, 0.25) is 5.75 Å². The summed E-state index contributed by atoms with van der Waals surface area (Å²) in [4.78, 5) is 18.2. The van der Waals surface area contributed by atoms with Gasteiger partial charge in [-0.3, -0.25) is 4.79 Å². The van der Waals surface area contributed by atoms with E-state index in [9.17, 15) is 4.79 Å². The fourth-order valence-corrected chi connectivity index (χ4v) is 4.43. The molecule has 1 aromatic heterocycles. The van der Waals surface area contributed by atoms with Gasteiger partial charge in [0.05, 0.1) is 36.6 Å². The van der Waals surface area contributed by atoms with E-state index < -0.39 is 5.91 Å². The highest BCUT2D eigenvalue weighted by atomic mass is 32.1. The molecule has 0 fully saturated rings. The molecule has 0 saturated carbocycles. The van der Waals surface area contributed by atoms with Crippen molar-refractivity contribution in [1.82, 2.24) is 4.57 Å². The van der Waals surface area contributed by atoms with E-state index in [0.717, 1.165) is 16.0 Å². The van der Waals surface area contributed by atoms with Crippen LogP contribution in [0.5, 0.6) is 23.0 Å². The number of thiazole rings is 1. The average Bonchev–Trinajstić information content (AvgIpc) is 3.12. The number of carbonyl (C=O) groups is 1. The van der Waals surface area contributed by atoms with Crippen molar-refractivity contribution >= 4 is 27.5 Å². The van der Waals surface area contributed by atoms with Gasteiger partial charge in [0.15, 0.2) is 16.3 Å². The Morgan fingerprint density at radius 1 is 0.970 bits per heavy atom. The van der Waals surface area contributed by atoms with E-state index in [2.05, 4.69) is 11.6 Å². The van der Waals surface area contributed by atoms with Crippen LogP contribution < -0.4 is 23.7 Å². The van der Waals surface area contributed by atoms with Gasteiger partial charge in [0.1, 0.15) is 5.75 Å². The van der Waals surface area contributed by atoms with Crippen molar-refractivity contribution in [3.63, 3.8) is 0 Å². The van der Waals surface area contributed by atoms with Crippen molar-refractivity contribution < 1.29 is 23.7 Å². The Bertz CT molecular complexity index is 1170. The molecule has 1 amide bonds. The zero-order valence-corrected chi connectivity index (χ0v) is 20.4. The third-order valence-electron chi connectivity index (χ3n) is 4.63. The number of benzene rings is 2. The first-order chi connectivity index (χ1) is 16.1. The smallest absolute Gasteiger partial charge is 0.279 e. The molecule has 0 atom stereocenters. The monoisotopic (exact) mass is 470 g/mol. The van der Waals surface area contributed by atoms with Crippen LogP contribution in [0.2, 0.25) is 0 Å². The van der Waals surface area contributed by atoms with Crippen molar-refractivity contribution in [3.8, 4) is 23.0 Å². The van der Waals surface area contributed by atoms with E-state index in [4.69, 9.17) is 18.9 Å². The van der Waals surface area contributed by atoms with Crippen molar-refractivity contribution in [1.29, 1.82) is 0 Å². The molecule has 1 heterocycles. The molecular weight excluding hydrogens is 440 g/mol. The fourth-order valence-electron chi connectivity index (χ4n) is 3.36. The summed E-state index contributed by atoms with van der Waals surface area (Å²) in [6, 6.07) is 9.16. The summed E-state index contributed by atoms with van der Waals surface area (Å²) in [7, 11) is 0. The van der Waals surface area contributed by atoms with E-state index in [1.54, 1.807) is 18.2 Å². The second-order valence-corrected chi connectivity index (χ2v) is 7.87. The molecule has 0 bridgehead atoms. The Morgan fingerprint density at radius 2 is 1.61 bits per heavy atom. The minimum Gasteiger partial charge on any atom is -0.494 e. The normalized spacial score (nSPS) is 11.5. The zero-order chi connectivity index (χ0) is 23.8. The molecule has 0 aliphatic heterocycles. The molecule has 176 valence electrons. The Labute approximate surface area is 197 Å². The van der Waals surface area contributed by atoms with Gasteiger partial charge in [-0.25, -0.2) is 0 Å². The van der Waals surface area contributed by atoms with Gasteiger partial charge in [0, 0.05) is 12.1 Å². The first-order valence-electron chi connectivity index (χ1n) is 11.1. The van der Waals surface area contributed by atoms with Crippen molar-refractivity contribution in [2.24, 2.45) is 4.99 Å². The molecular formula is C25H30N2O5S. The minimum atomic E-state index is -0.394. The number of ether oxygens (including phenoxy) is 4. The van der Waals surface area contributed by atoms with Gasteiger partial charge in [-0.2, -0.15) is 4.99 Å². The number of aromatic nitrogens is 1. The van der Waals surface area contributed by atoms with Crippen LogP contribution in [0, 0.1) is 0 Å². The van der Waals surface area contributed by atoms with Crippen LogP contribution in [0.3, 0.4) is 0 Å². The first-order valence-corrected chi connectivity index (χ1v) is 11.9. The molecule has 7 nitrogen and oxygen atoms in total. The topological polar surface area (TPSA) is 71.3 Å². The van der Waals surface area contributed by atoms with Crippen LogP contribution in [0.15, 0.2) is 48.0 Å². The van der Waals surface area contributed by atoms with E-state index in [1.807, 2.05) is 50.5 Å². The van der Waals surface area contributed by atoms with Crippen LogP contribution in [0.25, 0.3) is 10.2 Å². The van der Waals surface area contributed by atoms with Crippen molar-refractivity contribution in [2.75, 3.05) is 26.4 Å². The number of amides is 1. The van der Waals surface area contributed by atoms with Gasteiger partial charge in [-0.05, 0) is 58.0 Å². The number of hydrogen-bond acceptors (Lipinski definition) is 6. The van der Waals surface area contributed by atoms with E-state index in [1.165, 1.54) is 11.3 Å². The van der Waals surface area contributed by atoms with Crippen molar-refractivity contribution in [2.45, 2.75) is 34.2 Å². The largest absolute Gasteiger partial charge is 0.494 e. The lowest BCUT2D eigenvalue weighted by Gasteiger charge is -2.16. The number of carbonyl (C=O) groups excluding carboxylic acids is 1. The van der Waals surface area contributed by atoms with E-state index in [-0.39, 0.29) is 0 Å². The summed E-state index contributed by atoms with van der Waals surface area (Å²) >= 11 is 1.43. The summed E-state index contributed by atoms with van der Waals surface area (Å²) in [5.74, 6) is 1.80.